The van der Waals surface area contributed by atoms with E-state index in [9.17, 15) is 9.59 Å². The fraction of sp³-hybridized carbons (Fsp3) is 0.233. The van der Waals surface area contributed by atoms with E-state index in [0.717, 1.165) is 27.9 Å². The highest BCUT2D eigenvalue weighted by molar-refractivity contribution is 8.26. The Kier molecular flexibility index (Phi) is 8.86. The molecule has 0 bridgehead atoms. The van der Waals surface area contributed by atoms with Crippen LogP contribution in [0.2, 0.25) is 0 Å². The van der Waals surface area contributed by atoms with Crippen LogP contribution < -0.4 is 14.8 Å². The first kappa shape index (κ1) is 27.4. The summed E-state index contributed by atoms with van der Waals surface area (Å²) in [4.78, 5) is 28.0. The summed E-state index contributed by atoms with van der Waals surface area (Å²) >= 11 is 6.83. The Balaban J connectivity index is 1.47. The molecule has 1 aliphatic rings. The number of nitrogens with zero attached hydrogens (tertiary/aromatic N) is 1. The molecular formula is C30H30N2O4S2. The second-order valence-corrected chi connectivity index (χ2v) is 10.6. The Morgan fingerprint density at radius 2 is 1.74 bits per heavy atom. The molecule has 0 spiro atoms. The van der Waals surface area contributed by atoms with Crippen LogP contribution in [0, 0.1) is 13.8 Å². The zero-order valence-corrected chi connectivity index (χ0v) is 23.4. The summed E-state index contributed by atoms with van der Waals surface area (Å²) in [6, 6.07) is 20.9. The highest BCUT2D eigenvalue weighted by Crippen LogP contribution is 2.39. The summed E-state index contributed by atoms with van der Waals surface area (Å²) in [5.74, 6) is 0.558. The van der Waals surface area contributed by atoms with Gasteiger partial charge in [0.15, 0.2) is 18.1 Å². The molecule has 0 aromatic heterocycles. The molecule has 1 saturated heterocycles. The van der Waals surface area contributed by atoms with Crippen LogP contribution in [-0.2, 0) is 9.59 Å². The van der Waals surface area contributed by atoms with Crippen LogP contribution >= 0.6 is 24.0 Å². The van der Waals surface area contributed by atoms with Crippen LogP contribution in [-0.4, -0.2) is 34.2 Å². The third kappa shape index (κ3) is 6.26. The Hall–Kier alpha value is -3.62. The molecule has 0 unspecified atom stereocenters. The van der Waals surface area contributed by atoms with E-state index in [4.69, 9.17) is 21.7 Å². The number of aryl methyl sites for hydroxylation is 2. The summed E-state index contributed by atoms with van der Waals surface area (Å²) in [5, 5.41) is 2.92. The number of benzene rings is 3. The Morgan fingerprint density at radius 1 is 1.03 bits per heavy atom. The number of thiocarbonyl (C=S) groups is 1. The van der Waals surface area contributed by atoms with Crippen LogP contribution in [0.25, 0.3) is 6.08 Å². The maximum absolute atomic E-state index is 13.2. The van der Waals surface area contributed by atoms with Crippen molar-refractivity contribution in [1.29, 1.82) is 0 Å². The molecule has 1 heterocycles. The first-order valence-electron chi connectivity index (χ1n) is 12.4. The van der Waals surface area contributed by atoms with Gasteiger partial charge in [0.05, 0.1) is 17.6 Å². The van der Waals surface area contributed by atoms with Crippen molar-refractivity contribution in [2.75, 3.05) is 18.5 Å². The normalized spacial score (nSPS) is 15.1. The van der Waals surface area contributed by atoms with Crippen LogP contribution in [0.4, 0.5) is 5.69 Å². The molecule has 4 rings (SSSR count). The second kappa shape index (κ2) is 12.3. The maximum Gasteiger partial charge on any atom is 0.266 e. The lowest BCUT2D eigenvalue weighted by molar-refractivity contribution is -0.123. The van der Waals surface area contributed by atoms with E-state index in [-0.39, 0.29) is 24.5 Å². The SMILES string of the molecule is CCOc1cc(/C=C2\SC(=S)N([C@@H](C)c3ccccc3)C2=O)ccc1OCC(=O)Nc1c(C)cccc1C. The highest BCUT2D eigenvalue weighted by Gasteiger charge is 2.35. The predicted octanol–water partition coefficient (Wildman–Crippen LogP) is 6.68. The first-order valence-corrected chi connectivity index (χ1v) is 13.6. The lowest BCUT2D eigenvalue weighted by Crippen LogP contribution is -2.30. The molecule has 196 valence electrons. The predicted molar refractivity (Wildman–Crippen MR) is 158 cm³/mol. The smallest absolute Gasteiger partial charge is 0.266 e. The fourth-order valence-electron chi connectivity index (χ4n) is 4.18. The molecule has 1 N–H and O–H groups in total. The van der Waals surface area contributed by atoms with Crippen molar-refractivity contribution in [3.8, 4) is 11.5 Å². The quantitative estimate of drug-likeness (QED) is 0.238. The number of anilines is 1. The van der Waals surface area contributed by atoms with E-state index in [2.05, 4.69) is 5.32 Å². The first-order chi connectivity index (χ1) is 18.3. The van der Waals surface area contributed by atoms with Crippen molar-refractivity contribution in [3.05, 3.63) is 93.9 Å². The summed E-state index contributed by atoms with van der Waals surface area (Å²) in [5.41, 5.74) is 4.56. The molecule has 1 fully saturated rings. The molecule has 6 nitrogen and oxygen atoms in total. The van der Waals surface area contributed by atoms with Gasteiger partial charge in [0.25, 0.3) is 11.8 Å². The van der Waals surface area contributed by atoms with Crippen LogP contribution in [0.3, 0.4) is 0 Å². The summed E-state index contributed by atoms with van der Waals surface area (Å²) < 4.78 is 12.1. The van der Waals surface area contributed by atoms with Gasteiger partial charge >= 0.3 is 0 Å². The minimum absolute atomic E-state index is 0.127. The van der Waals surface area contributed by atoms with Gasteiger partial charge in [-0.15, -0.1) is 0 Å². The van der Waals surface area contributed by atoms with E-state index < -0.39 is 0 Å². The summed E-state index contributed by atoms with van der Waals surface area (Å²) in [6.07, 6.45) is 1.80. The number of hydrogen-bond acceptors (Lipinski definition) is 6. The van der Waals surface area contributed by atoms with Gasteiger partial charge in [0, 0.05) is 5.69 Å². The number of carbonyl (C=O) groups excluding carboxylic acids is 2. The maximum atomic E-state index is 13.2. The van der Waals surface area contributed by atoms with Crippen LogP contribution in [0.1, 0.15) is 42.1 Å². The molecule has 3 aromatic carbocycles. The van der Waals surface area contributed by atoms with Gasteiger partial charge < -0.3 is 14.8 Å². The number of carbonyl (C=O) groups is 2. The number of ether oxygens (including phenoxy) is 2. The molecule has 1 atom stereocenters. The van der Waals surface area contributed by atoms with Crippen molar-refractivity contribution in [2.24, 2.45) is 0 Å². The molecule has 0 saturated carbocycles. The lowest BCUT2D eigenvalue weighted by atomic mass is 10.1. The van der Waals surface area contributed by atoms with Crippen molar-refractivity contribution in [3.63, 3.8) is 0 Å². The average molecular weight is 547 g/mol. The van der Waals surface area contributed by atoms with Crippen molar-refractivity contribution in [1.82, 2.24) is 4.90 Å². The Morgan fingerprint density at radius 3 is 2.42 bits per heavy atom. The van der Waals surface area contributed by atoms with Gasteiger partial charge in [-0.3, -0.25) is 14.5 Å². The van der Waals surface area contributed by atoms with Gasteiger partial charge in [-0.25, -0.2) is 0 Å². The van der Waals surface area contributed by atoms with Crippen LogP contribution in [0.15, 0.2) is 71.6 Å². The topological polar surface area (TPSA) is 67.9 Å². The Labute approximate surface area is 233 Å². The molecule has 3 aromatic rings. The van der Waals surface area contributed by atoms with E-state index in [1.165, 1.54) is 11.8 Å². The summed E-state index contributed by atoms with van der Waals surface area (Å²) in [6.45, 7) is 8.00. The molecule has 38 heavy (non-hydrogen) atoms. The molecule has 0 radical (unpaired) electrons. The number of para-hydroxylation sites is 1. The van der Waals surface area contributed by atoms with Crippen LogP contribution in [0.5, 0.6) is 11.5 Å². The number of rotatable bonds is 9. The van der Waals surface area contributed by atoms with Gasteiger partial charge in [0.2, 0.25) is 0 Å². The number of thioether (sulfide) groups is 1. The van der Waals surface area contributed by atoms with Gasteiger partial charge in [-0.05, 0) is 68.2 Å². The van der Waals surface area contributed by atoms with Gasteiger partial charge in [-0.1, -0.05) is 78.6 Å². The standard InChI is InChI=1S/C30H30N2O4S2/c1-5-35-25-16-22(14-15-24(25)36-18-27(33)31-28-19(2)10-9-11-20(28)3)17-26-29(34)32(30(37)38-26)21(4)23-12-7-6-8-13-23/h6-17,21H,5,18H2,1-4H3,(H,31,33)/b26-17-/t21-/m0/s1. The fourth-order valence-corrected chi connectivity index (χ4v) is 5.60. The number of hydrogen-bond donors (Lipinski definition) is 1. The molecule has 8 heteroatoms. The minimum Gasteiger partial charge on any atom is -0.490 e. The average Bonchev–Trinajstić information content (AvgIpc) is 3.18. The second-order valence-electron chi connectivity index (χ2n) is 8.88. The van der Waals surface area contributed by atoms with Gasteiger partial charge in [0.1, 0.15) is 4.32 Å². The molecule has 1 aliphatic heterocycles. The Bertz CT molecular complexity index is 1370. The van der Waals surface area contributed by atoms with Crippen molar-refractivity contribution < 1.29 is 19.1 Å². The molecule has 0 aliphatic carbocycles. The van der Waals surface area contributed by atoms with E-state index >= 15 is 0 Å². The zero-order chi connectivity index (χ0) is 27.2. The monoisotopic (exact) mass is 546 g/mol. The number of amides is 2. The van der Waals surface area contributed by atoms with Gasteiger partial charge in [-0.2, -0.15) is 0 Å². The lowest BCUT2D eigenvalue weighted by Gasteiger charge is -2.23. The third-order valence-electron chi connectivity index (χ3n) is 6.16. The highest BCUT2D eigenvalue weighted by atomic mass is 32.2. The van der Waals surface area contributed by atoms with E-state index in [0.29, 0.717) is 27.3 Å². The molecule has 2 amide bonds. The van der Waals surface area contributed by atoms with Crippen molar-refractivity contribution >= 4 is 51.9 Å². The van der Waals surface area contributed by atoms with Crippen molar-refractivity contribution in [2.45, 2.75) is 33.7 Å². The third-order valence-corrected chi connectivity index (χ3v) is 7.49. The number of nitrogens with one attached hydrogen (secondary N) is 1. The summed E-state index contributed by atoms with van der Waals surface area (Å²) in [7, 11) is 0. The van der Waals surface area contributed by atoms with E-state index in [1.807, 2.05) is 82.3 Å². The zero-order valence-electron chi connectivity index (χ0n) is 21.8. The van der Waals surface area contributed by atoms with E-state index in [1.54, 1.807) is 23.1 Å². The minimum atomic E-state index is -0.259. The largest absolute Gasteiger partial charge is 0.490 e. The molecular weight excluding hydrogens is 516 g/mol.